The fourth-order valence-corrected chi connectivity index (χ4v) is 5.10. The molecule has 0 heterocycles. The predicted octanol–water partition coefficient (Wildman–Crippen LogP) is 6.31. The number of carbonyl (C=O) groups excluding carboxylic acids is 2. The van der Waals surface area contributed by atoms with Gasteiger partial charge in [0.25, 0.3) is 0 Å². The second-order valence-electron chi connectivity index (χ2n) is 10.5. The van der Waals surface area contributed by atoms with E-state index in [0.717, 1.165) is 11.1 Å². The van der Waals surface area contributed by atoms with Gasteiger partial charge >= 0.3 is 5.97 Å². The van der Waals surface area contributed by atoms with E-state index in [9.17, 15) is 19.5 Å². The van der Waals surface area contributed by atoms with Crippen molar-refractivity contribution >= 4 is 34.1 Å². The van der Waals surface area contributed by atoms with Crippen LogP contribution >= 0.6 is 0 Å². The Kier molecular flexibility index (Phi) is 10.0. The number of carboxylic acids is 1. The number of carbonyl (C=O) groups is 3. The Morgan fingerprint density at radius 3 is 2.25 bits per heavy atom. The molecule has 3 N–H and O–H groups in total. The van der Waals surface area contributed by atoms with Crippen LogP contribution in [0.1, 0.15) is 33.5 Å². The topological polar surface area (TPSA) is 105 Å². The van der Waals surface area contributed by atoms with Crippen molar-refractivity contribution in [3.63, 3.8) is 0 Å². The highest BCUT2D eigenvalue weighted by Crippen LogP contribution is 2.22. The fourth-order valence-electron chi connectivity index (χ4n) is 5.10. The fraction of sp³-hybridized carbons (Fsp3) is 0.162. The largest absolute Gasteiger partial charge is 0.492 e. The first-order valence-corrected chi connectivity index (χ1v) is 14.6. The number of ketones is 1. The van der Waals surface area contributed by atoms with Gasteiger partial charge in [-0.1, -0.05) is 97.1 Å². The maximum atomic E-state index is 13.1. The molecule has 222 valence electrons. The molecule has 0 bridgehead atoms. The van der Waals surface area contributed by atoms with E-state index >= 15 is 0 Å². The number of ether oxygens (including phenoxy) is 1. The van der Waals surface area contributed by atoms with Crippen LogP contribution in [0.3, 0.4) is 0 Å². The summed E-state index contributed by atoms with van der Waals surface area (Å²) in [4.78, 5) is 37.6. The van der Waals surface area contributed by atoms with Crippen molar-refractivity contribution in [1.29, 1.82) is 0 Å². The molecule has 7 heteroatoms. The average molecular weight is 587 g/mol. The van der Waals surface area contributed by atoms with Gasteiger partial charge < -0.3 is 20.5 Å². The molecule has 0 aliphatic rings. The highest BCUT2D eigenvalue weighted by Gasteiger charge is 2.21. The highest BCUT2D eigenvalue weighted by molar-refractivity contribution is 6.12. The SMILES string of the molecule is O=C(CCc1cccc2ccccc12)NCCOc1ccc(C[C@H](Nc2ccccc2C(=O)c2ccccc2)C(=O)O)cc1. The summed E-state index contributed by atoms with van der Waals surface area (Å²) in [5.41, 5.74) is 3.36. The van der Waals surface area contributed by atoms with Crippen molar-refractivity contribution < 1.29 is 24.2 Å². The summed E-state index contributed by atoms with van der Waals surface area (Å²) in [7, 11) is 0. The summed E-state index contributed by atoms with van der Waals surface area (Å²) in [6, 6.07) is 36.4. The Hall–Kier alpha value is -5.43. The van der Waals surface area contributed by atoms with Gasteiger partial charge in [-0.2, -0.15) is 0 Å². The van der Waals surface area contributed by atoms with Gasteiger partial charge in [-0.15, -0.1) is 0 Å². The Morgan fingerprint density at radius 1 is 0.750 bits per heavy atom. The molecular formula is C37H34N2O5. The molecule has 44 heavy (non-hydrogen) atoms. The second-order valence-corrected chi connectivity index (χ2v) is 10.5. The number of hydrogen-bond acceptors (Lipinski definition) is 5. The van der Waals surface area contributed by atoms with Gasteiger partial charge in [0, 0.05) is 29.7 Å². The first-order chi connectivity index (χ1) is 21.5. The molecule has 0 fully saturated rings. The number of hydrogen-bond donors (Lipinski definition) is 3. The molecule has 0 aliphatic heterocycles. The van der Waals surface area contributed by atoms with Gasteiger partial charge in [-0.05, 0) is 52.6 Å². The number of fused-ring (bicyclic) bond motifs is 1. The molecule has 0 spiro atoms. The van der Waals surface area contributed by atoms with Gasteiger partial charge in [0.2, 0.25) is 5.91 Å². The third-order valence-electron chi connectivity index (χ3n) is 7.39. The number of aryl methyl sites for hydroxylation is 1. The minimum Gasteiger partial charge on any atom is -0.492 e. The number of para-hydroxylation sites is 1. The lowest BCUT2D eigenvalue weighted by atomic mass is 10.00. The Labute approximate surface area is 256 Å². The van der Waals surface area contributed by atoms with Crippen LogP contribution in [0, 0.1) is 0 Å². The second kappa shape index (κ2) is 14.6. The van der Waals surface area contributed by atoms with Crippen molar-refractivity contribution in [3.05, 3.63) is 144 Å². The van der Waals surface area contributed by atoms with Crippen LogP contribution < -0.4 is 15.4 Å². The zero-order valence-electron chi connectivity index (χ0n) is 24.2. The van der Waals surface area contributed by atoms with E-state index in [4.69, 9.17) is 4.74 Å². The van der Waals surface area contributed by atoms with E-state index in [1.54, 1.807) is 60.7 Å². The van der Waals surface area contributed by atoms with Crippen molar-refractivity contribution in [2.24, 2.45) is 0 Å². The van der Waals surface area contributed by atoms with E-state index in [0.29, 0.717) is 48.6 Å². The highest BCUT2D eigenvalue weighted by atomic mass is 16.5. The van der Waals surface area contributed by atoms with Crippen molar-refractivity contribution in [1.82, 2.24) is 5.32 Å². The minimum absolute atomic E-state index is 0.0314. The Morgan fingerprint density at radius 2 is 1.45 bits per heavy atom. The standard InChI is InChI=1S/C37H34N2O5/c40-35(22-19-28-13-8-12-27-9-4-5-14-31(27)28)38-23-24-44-30-20-17-26(18-21-30)25-34(37(42)43)39-33-16-7-6-15-32(33)36(41)29-10-2-1-3-11-29/h1-18,20-21,34,39H,19,22-25H2,(H,38,40)(H,42,43)/t34-/m0/s1. The number of carboxylic acid groups (broad SMARTS) is 1. The van der Waals surface area contributed by atoms with Crippen LogP contribution in [-0.2, 0) is 22.4 Å². The minimum atomic E-state index is -1.02. The summed E-state index contributed by atoms with van der Waals surface area (Å²) >= 11 is 0. The number of benzene rings is 5. The number of amides is 1. The van der Waals surface area contributed by atoms with Crippen molar-refractivity contribution in [3.8, 4) is 5.75 Å². The average Bonchev–Trinajstić information content (AvgIpc) is 3.06. The van der Waals surface area contributed by atoms with Crippen LogP contribution in [0.4, 0.5) is 5.69 Å². The number of anilines is 1. The van der Waals surface area contributed by atoms with E-state index in [1.165, 1.54) is 10.8 Å². The van der Waals surface area contributed by atoms with Gasteiger partial charge in [-0.3, -0.25) is 9.59 Å². The predicted molar refractivity (Wildman–Crippen MR) is 172 cm³/mol. The van der Waals surface area contributed by atoms with E-state index in [1.807, 2.05) is 36.4 Å². The summed E-state index contributed by atoms with van der Waals surface area (Å²) in [6.07, 6.45) is 1.26. The van der Waals surface area contributed by atoms with Crippen LogP contribution in [0.5, 0.6) is 5.75 Å². The molecule has 7 nitrogen and oxygen atoms in total. The van der Waals surface area contributed by atoms with Gasteiger partial charge in [-0.25, -0.2) is 4.79 Å². The zero-order chi connectivity index (χ0) is 30.7. The number of rotatable bonds is 14. The molecule has 0 radical (unpaired) electrons. The van der Waals surface area contributed by atoms with Gasteiger partial charge in [0.05, 0.1) is 6.54 Å². The third-order valence-corrected chi connectivity index (χ3v) is 7.39. The summed E-state index contributed by atoms with van der Waals surface area (Å²) in [5, 5.41) is 18.2. The quantitative estimate of drug-likeness (QED) is 0.104. The zero-order valence-corrected chi connectivity index (χ0v) is 24.2. The lowest BCUT2D eigenvalue weighted by Crippen LogP contribution is -2.32. The van der Waals surface area contributed by atoms with Crippen LogP contribution in [-0.4, -0.2) is 42.0 Å². The van der Waals surface area contributed by atoms with Gasteiger partial charge in [0.15, 0.2) is 5.78 Å². The molecule has 0 saturated carbocycles. The van der Waals surface area contributed by atoms with E-state index < -0.39 is 12.0 Å². The van der Waals surface area contributed by atoms with Crippen LogP contribution in [0.25, 0.3) is 10.8 Å². The van der Waals surface area contributed by atoms with Crippen molar-refractivity contribution in [2.45, 2.75) is 25.3 Å². The van der Waals surface area contributed by atoms with E-state index in [2.05, 4.69) is 34.9 Å². The van der Waals surface area contributed by atoms with E-state index in [-0.39, 0.29) is 18.1 Å². The molecule has 0 aromatic heterocycles. The molecule has 5 aromatic carbocycles. The van der Waals surface area contributed by atoms with Gasteiger partial charge in [0.1, 0.15) is 18.4 Å². The number of nitrogens with one attached hydrogen (secondary N) is 2. The normalized spacial score (nSPS) is 11.5. The smallest absolute Gasteiger partial charge is 0.326 e. The molecule has 1 atom stereocenters. The monoisotopic (exact) mass is 586 g/mol. The molecule has 1 amide bonds. The first-order valence-electron chi connectivity index (χ1n) is 14.6. The molecular weight excluding hydrogens is 552 g/mol. The first kappa shape index (κ1) is 30.0. The molecule has 5 rings (SSSR count). The maximum Gasteiger partial charge on any atom is 0.326 e. The van der Waals surface area contributed by atoms with Crippen molar-refractivity contribution in [2.75, 3.05) is 18.5 Å². The number of aliphatic carboxylic acids is 1. The summed E-state index contributed by atoms with van der Waals surface area (Å²) in [5.74, 6) is -0.614. The summed E-state index contributed by atoms with van der Waals surface area (Å²) in [6.45, 7) is 0.688. The summed E-state index contributed by atoms with van der Waals surface area (Å²) < 4.78 is 5.78. The maximum absolute atomic E-state index is 13.1. The Bertz CT molecular complexity index is 1730. The Balaban J connectivity index is 1.09. The molecule has 0 unspecified atom stereocenters. The lowest BCUT2D eigenvalue weighted by Gasteiger charge is -2.18. The molecule has 0 saturated heterocycles. The molecule has 0 aliphatic carbocycles. The third kappa shape index (κ3) is 7.89. The van der Waals surface area contributed by atoms with Crippen LogP contribution in [0.2, 0.25) is 0 Å². The lowest BCUT2D eigenvalue weighted by molar-refractivity contribution is -0.137. The molecule has 5 aromatic rings. The van der Waals surface area contributed by atoms with Crippen LogP contribution in [0.15, 0.2) is 121 Å².